The van der Waals surface area contributed by atoms with E-state index < -0.39 is 0 Å². The number of carbonyl (C=O) groups excluding carboxylic acids is 1. The Morgan fingerprint density at radius 2 is 1.94 bits per heavy atom. The van der Waals surface area contributed by atoms with E-state index in [-0.39, 0.29) is 11.5 Å². The van der Waals surface area contributed by atoms with Crippen LogP contribution in [0, 0.1) is 4.77 Å². The number of hydrogen-bond acceptors (Lipinski definition) is 4. The smallest absolute Gasteiger partial charge is 0.278 e. The third-order valence-electron chi connectivity index (χ3n) is 6.20. The van der Waals surface area contributed by atoms with Gasteiger partial charge in [-0.1, -0.05) is 25.7 Å². The number of methoxy groups -OCH3 is 1. The van der Waals surface area contributed by atoms with Crippen LogP contribution in [-0.2, 0) is 11.3 Å². The number of rotatable bonds is 7. The Morgan fingerprint density at radius 1 is 1.16 bits per heavy atom. The van der Waals surface area contributed by atoms with Crippen LogP contribution in [0.2, 0.25) is 0 Å². The SMILES string of the molecule is COc1ccc2[nH]c3c(=O)n(CCCCC(=O)NC4CCCCCC4)c(=S)[nH]c3c2c1. The lowest BCUT2D eigenvalue weighted by molar-refractivity contribution is -0.122. The van der Waals surface area contributed by atoms with Crippen LogP contribution in [0.5, 0.6) is 5.75 Å². The van der Waals surface area contributed by atoms with Crippen molar-refractivity contribution in [3.05, 3.63) is 33.3 Å². The van der Waals surface area contributed by atoms with Crippen LogP contribution < -0.4 is 15.6 Å². The fraction of sp³-hybridized carbons (Fsp3) is 0.522. The van der Waals surface area contributed by atoms with Gasteiger partial charge in [-0.25, -0.2) is 0 Å². The first-order chi connectivity index (χ1) is 15.1. The maximum atomic E-state index is 13.0. The van der Waals surface area contributed by atoms with Crippen LogP contribution in [0.25, 0.3) is 21.9 Å². The molecule has 0 radical (unpaired) electrons. The molecule has 0 saturated heterocycles. The maximum absolute atomic E-state index is 13.0. The minimum Gasteiger partial charge on any atom is -0.497 e. The monoisotopic (exact) mass is 442 g/mol. The molecule has 2 aromatic heterocycles. The molecular formula is C23H30N4O3S. The summed E-state index contributed by atoms with van der Waals surface area (Å²) in [6.45, 7) is 0.486. The fourth-order valence-electron chi connectivity index (χ4n) is 4.47. The number of nitrogens with zero attached hydrogens (tertiary/aromatic N) is 1. The number of carbonyl (C=O) groups is 1. The molecular weight excluding hydrogens is 412 g/mol. The van der Waals surface area contributed by atoms with E-state index in [1.165, 1.54) is 25.7 Å². The first kappa shape index (κ1) is 21.6. The molecule has 7 nitrogen and oxygen atoms in total. The maximum Gasteiger partial charge on any atom is 0.278 e. The zero-order chi connectivity index (χ0) is 21.8. The Balaban J connectivity index is 1.40. The van der Waals surface area contributed by atoms with Crippen LogP contribution >= 0.6 is 12.2 Å². The van der Waals surface area contributed by atoms with Crippen molar-refractivity contribution < 1.29 is 9.53 Å². The predicted molar refractivity (Wildman–Crippen MR) is 125 cm³/mol. The van der Waals surface area contributed by atoms with Gasteiger partial charge in [0.25, 0.3) is 5.56 Å². The number of amides is 1. The highest BCUT2D eigenvalue weighted by molar-refractivity contribution is 7.71. The second-order valence-corrected chi connectivity index (χ2v) is 8.77. The van der Waals surface area contributed by atoms with Gasteiger partial charge in [-0.2, -0.15) is 0 Å². The number of nitrogens with one attached hydrogen (secondary N) is 3. The molecule has 0 aliphatic heterocycles. The molecule has 1 aliphatic carbocycles. The van der Waals surface area contributed by atoms with Crippen molar-refractivity contribution in [3.8, 4) is 5.75 Å². The van der Waals surface area contributed by atoms with Crippen LogP contribution in [0.3, 0.4) is 0 Å². The number of fused-ring (bicyclic) bond motifs is 3. The van der Waals surface area contributed by atoms with Crippen LogP contribution in [0.4, 0.5) is 0 Å². The number of hydrogen-bond donors (Lipinski definition) is 3. The van der Waals surface area contributed by atoms with Gasteiger partial charge >= 0.3 is 0 Å². The highest BCUT2D eigenvalue weighted by Crippen LogP contribution is 2.26. The van der Waals surface area contributed by atoms with E-state index in [9.17, 15) is 9.59 Å². The summed E-state index contributed by atoms with van der Waals surface area (Å²) in [6.07, 6.45) is 9.06. The third-order valence-corrected chi connectivity index (χ3v) is 6.52. The largest absolute Gasteiger partial charge is 0.497 e. The minimum atomic E-state index is -0.142. The van der Waals surface area contributed by atoms with Crippen molar-refractivity contribution in [2.75, 3.05) is 7.11 Å². The van der Waals surface area contributed by atoms with Crippen LogP contribution in [0.1, 0.15) is 57.8 Å². The first-order valence-corrected chi connectivity index (χ1v) is 11.6. The number of aromatic nitrogens is 3. The highest BCUT2D eigenvalue weighted by atomic mass is 32.1. The van der Waals surface area contributed by atoms with Gasteiger partial charge in [0.2, 0.25) is 5.91 Å². The normalized spacial score (nSPS) is 15.3. The summed E-state index contributed by atoms with van der Waals surface area (Å²) in [6, 6.07) is 5.96. The Labute approximate surface area is 186 Å². The molecule has 4 rings (SSSR count). The summed E-state index contributed by atoms with van der Waals surface area (Å²) < 4.78 is 7.26. The minimum absolute atomic E-state index is 0.115. The summed E-state index contributed by atoms with van der Waals surface area (Å²) in [7, 11) is 1.61. The Morgan fingerprint density at radius 3 is 2.68 bits per heavy atom. The van der Waals surface area contributed by atoms with Crippen molar-refractivity contribution in [1.82, 2.24) is 19.9 Å². The van der Waals surface area contributed by atoms with Crippen LogP contribution in [-0.4, -0.2) is 33.6 Å². The number of ether oxygens (including phenoxy) is 1. The molecule has 1 amide bonds. The molecule has 2 heterocycles. The van der Waals surface area contributed by atoms with E-state index in [2.05, 4.69) is 15.3 Å². The highest BCUT2D eigenvalue weighted by Gasteiger charge is 2.15. The lowest BCUT2D eigenvalue weighted by Gasteiger charge is -2.16. The van der Waals surface area contributed by atoms with Gasteiger partial charge in [0.1, 0.15) is 11.3 Å². The first-order valence-electron chi connectivity index (χ1n) is 11.2. The molecule has 1 saturated carbocycles. The average Bonchev–Trinajstić information content (AvgIpc) is 2.93. The molecule has 1 fully saturated rings. The molecule has 3 N–H and O–H groups in total. The number of unbranched alkanes of at least 4 members (excludes halogenated alkanes) is 1. The van der Waals surface area contributed by atoms with Gasteiger partial charge in [-0.05, 0) is 56.1 Å². The van der Waals surface area contributed by atoms with E-state index in [1.54, 1.807) is 11.7 Å². The third kappa shape index (κ3) is 4.84. The average molecular weight is 443 g/mol. The second kappa shape index (κ2) is 9.68. The van der Waals surface area contributed by atoms with E-state index in [1.807, 2.05) is 18.2 Å². The summed E-state index contributed by atoms with van der Waals surface area (Å²) >= 11 is 5.46. The van der Waals surface area contributed by atoms with Crippen molar-refractivity contribution in [3.63, 3.8) is 0 Å². The Hall–Kier alpha value is -2.61. The molecule has 0 bridgehead atoms. The lowest BCUT2D eigenvalue weighted by atomic mass is 10.1. The second-order valence-electron chi connectivity index (χ2n) is 8.39. The predicted octanol–water partition coefficient (Wildman–Crippen LogP) is 4.56. The lowest BCUT2D eigenvalue weighted by Crippen LogP contribution is -2.34. The topological polar surface area (TPSA) is 91.9 Å². The van der Waals surface area contributed by atoms with Crippen molar-refractivity contribution in [1.29, 1.82) is 0 Å². The molecule has 1 aromatic carbocycles. The fourth-order valence-corrected chi connectivity index (χ4v) is 4.75. The quantitative estimate of drug-likeness (QED) is 0.284. The van der Waals surface area contributed by atoms with Gasteiger partial charge in [0.05, 0.1) is 12.6 Å². The Kier molecular flexibility index (Phi) is 6.75. The van der Waals surface area contributed by atoms with Crippen molar-refractivity contribution in [2.24, 2.45) is 0 Å². The molecule has 0 spiro atoms. The molecule has 0 atom stereocenters. The summed E-state index contributed by atoms with van der Waals surface area (Å²) in [5.41, 5.74) is 1.91. The summed E-state index contributed by atoms with van der Waals surface area (Å²) in [5, 5.41) is 4.05. The van der Waals surface area contributed by atoms with E-state index in [0.717, 1.165) is 42.3 Å². The zero-order valence-electron chi connectivity index (χ0n) is 18.0. The van der Waals surface area contributed by atoms with Crippen molar-refractivity contribution >= 4 is 40.1 Å². The standard InChI is InChI=1S/C23H30N4O3S/c1-30-16-11-12-18-17(14-16)20-21(25-18)22(29)27(23(31)26-20)13-7-6-10-19(28)24-15-8-4-2-3-5-9-15/h11-12,14-15,25H,2-10,13H2,1H3,(H,24,28)(H,26,31). The Bertz CT molecular complexity index is 1190. The summed E-state index contributed by atoms with van der Waals surface area (Å²) in [5.74, 6) is 0.837. The molecule has 166 valence electrons. The molecule has 3 aromatic rings. The zero-order valence-corrected chi connectivity index (χ0v) is 18.8. The number of H-pyrrole nitrogens is 2. The summed E-state index contributed by atoms with van der Waals surface area (Å²) in [4.78, 5) is 31.7. The van der Waals surface area contributed by atoms with Gasteiger partial charge in [-0.15, -0.1) is 0 Å². The molecule has 0 unspecified atom stereocenters. The molecule has 31 heavy (non-hydrogen) atoms. The van der Waals surface area contributed by atoms with Gasteiger partial charge in [0.15, 0.2) is 4.77 Å². The van der Waals surface area contributed by atoms with Gasteiger partial charge in [0, 0.05) is 29.9 Å². The van der Waals surface area contributed by atoms with Gasteiger partial charge < -0.3 is 20.0 Å². The van der Waals surface area contributed by atoms with Gasteiger partial charge in [-0.3, -0.25) is 14.2 Å². The van der Waals surface area contributed by atoms with E-state index >= 15 is 0 Å². The van der Waals surface area contributed by atoms with Crippen molar-refractivity contribution in [2.45, 2.75) is 70.4 Å². The molecule has 1 aliphatic rings. The van der Waals surface area contributed by atoms with E-state index in [4.69, 9.17) is 17.0 Å². The van der Waals surface area contributed by atoms with E-state index in [0.29, 0.717) is 34.8 Å². The number of aromatic amines is 2. The van der Waals surface area contributed by atoms with Crippen LogP contribution in [0.15, 0.2) is 23.0 Å². The molecule has 8 heteroatoms. The number of benzene rings is 1.